The molecule has 0 spiro atoms. The van der Waals surface area contributed by atoms with Crippen molar-refractivity contribution in [1.82, 2.24) is 0 Å². The minimum atomic E-state index is -0.0711. The molecular weight excluding hydrogens is 281 g/mol. The summed E-state index contributed by atoms with van der Waals surface area (Å²) in [6.07, 6.45) is 3.02. The van der Waals surface area contributed by atoms with Gasteiger partial charge in [-0.2, -0.15) is 0 Å². The molecule has 2 rings (SSSR count). The van der Waals surface area contributed by atoms with Gasteiger partial charge in [-0.1, -0.05) is 53.5 Å². The number of nitrogens with one attached hydrogen (secondary N) is 1. The van der Waals surface area contributed by atoms with Crippen LogP contribution < -0.4 is 5.32 Å². The van der Waals surface area contributed by atoms with Crippen LogP contribution in [0.15, 0.2) is 60.8 Å². The molecule has 2 aromatic carbocycles. The van der Waals surface area contributed by atoms with Gasteiger partial charge in [0.15, 0.2) is 5.78 Å². The largest absolute Gasteiger partial charge is 0.360 e. The molecular formula is C15H11Cl2NO. The Morgan fingerprint density at radius 2 is 1.79 bits per heavy atom. The Kier molecular flexibility index (Phi) is 4.61. The second kappa shape index (κ2) is 6.41. The Morgan fingerprint density at radius 3 is 2.47 bits per heavy atom. The molecule has 0 saturated carbocycles. The molecule has 0 aliphatic rings. The predicted octanol–water partition coefficient (Wildman–Crippen LogP) is 4.80. The van der Waals surface area contributed by atoms with Gasteiger partial charge < -0.3 is 5.32 Å². The Labute approximate surface area is 121 Å². The lowest BCUT2D eigenvalue weighted by Gasteiger charge is -2.03. The van der Waals surface area contributed by atoms with Gasteiger partial charge in [0.05, 0.1) is 10.7 Å². The smallest absolute Gasteiger partial charge is 0.187 e. The quantitative estimate of drug-likeness (QED) is 0.647. The van der Waals surface area contributed by atoms with Gasteiger partial charge in [0.1, 0.15) is 0 Å². The van der Waals surface area contributed by atoms with Crippen LogP contribution in [0.2, 0.25) is 10.0 Å². The lowest BCUT2D eigenvalue weighted by molar-refractivity contribution is 0.104. The van der Waals surface area contributed by atoms with Crippen molar-refractivity contribution in [2.24, 2.45) is 0 Å². The zero-order valence-electron chi connectivity index (χ0n) is 9.94. The summed E-state index contributed by atoms with van der Waals surface area (Å²) in [4.78, 5) is 11.8. The van der Waals surface area contributed by atoms with Crippen molar-refractivity contribution in [2.45, 2.75) is 0 Å². The van der Waals surface area contributed by atoms with E-state index in [1.807, 2.05) is 18.2 Å². The average molecular weight is 292 g/mol. The van der Waals surface area contributed by atoms with E-state index in [2.05, 4.69) is 5.32 Å². The Morgan fingerprint density at radius 1 is 1.05 bits per heavy atom. The zero-order chi connectivity index (χ0) is 13.7. The fourth-order valence-corrected chi connectivity index (χ4v) is 1.98. The highest BCUT2D eigenvalue weighted by molar-refractivity contribution is 6.36. The first-order chi connectivity index (χ1) is 9.16. The van der Waals surface area contributed by atoms with Gasteiger partial charge in [-0.3, -0.25) is 4.79 Å². The van der Waals surface area contributed by atoms with E-state index in [-0.39, 0.29) is 5.78 Å². The molecule has 0 radical (unpaired) electrons. The van der Waals surface area contributed by atoms with E-state index in [1.54, 1.807) is 36.5 Å². The molecule has 0 amide bonds. The third kappa shape index (κ3) is 3.85. The molecule has 2 aromatic rings. The van der Waals surface area contributed by atoms with Gasteiger partial charge in [0, 0.05) is 22.9 Å². The molecule has 0 fully saturated rings. The van der Waals surface area contributed by atoms with Crippen molar-refractivity contribution in [3.8, 4) is 0 Å². The van der Waals surface area contributed by atoms with Gasteiger partial charge in [-0.05, 0) is 18.2 Å². The summed E-state index contributed by atoms with van der Waals surface area (Å²) in [5.74, 6) is -0.0711. The van der Waals surface area contributed by atoms with Crippen LogP contribution in [0.5, 0.6) is 0 Å². The number of carbonyl (C=O) groups is 1. The van der Waals surface area contributed by atoms with Gasteiger partial charge >= 0.3 is 0 Å². The van der Waals surface area contributed by atoms with Crippen molar-refractivity contribution in [3.05, 3.63) is 76.4 Å². The topological polar surface area (TPSA) is 29.1 Å². The maximum absolute atomic E-state index is 11.8. The third-order valence-electron chi connectivity index (χ3n) is 2.46. The fourth-order valence-electron chi connectivity index (χ4n) is 1.51. The number of ketones is 1. The lowest BCUT2D eigenvalue weighted by Crippen LogP contribution is -1.96. The van der Waals surface area contributed by atoms with Crippen LogP contribution in [-0.4, -0.2) is 5.78 Å². The maximum Gasteiger partial charge on any atom is 0.187 e. The van der Waals surface area contributed by atoms with E-state index in [0.29, 0.717) is 21.3 Å². The summed E-state index contributed by atoms with van der Waals surface area (Å²) in [6.45, 7) is 0. The van der Waals surface area contributed by atoms with Gasteiger partial charge in [-0.25, -0.2) is 0 Å². The molecule has 0 saturated heterocycles. The van der Waals surface area contributed by atoms with Gasteiger partial charge in [-0.15, -0.1) is 0 Å². The first-order valence-electron chi connectivity index (χ1n) is 5.64. The number of rotatable bonds is 4. The molecule has 0 unspecified atom stereocenters. The third-order valence-corrected chi connectivity index (χ3v) is 3.01. The van der Waals surface area contributed by atoms with Crippen LogP contribution in [0.3, 0.4) is 0 Å². The summed E-state index contributed by atoms with van der Waals surface area (Å²) in [5, 5.41) is 4.02. The summed E-state index contributed by atoms with van der Waals surface area (Å²) in [7, 11) is 0. The molecule has 0 aliphatic heterocycles. The van der Waals surface area contributed by atoms with Crippen molar-refractivity contribution in [3.63, 3.8) is 0 Å². The van der Waals surface area contributed by atoms with Crippen molar-refractivity contribution < 1.29 is 4.79 Å². The highest BCUT2D eigenvalue weighted by Gasteiger charge is 2.01. The van der Waals surface area contributed by atoms with E-state index in [0.717, 1.165) is 0 Å². The summed E-state index contributed by atoms with van der Waals surface area (Å²) in [6, 6.07) is 14.2. The second-order valence-electron chi connectivity index (χ2n) is 3.83. The summed E-state index contributed by atoms with van der Waals surface area (Å²) < 4.78 is 0. The number of anilines is 1. The van der Waals surface area contributed by atoms with E-state index < -0.39 is 0 Å². The van der Waals surface area contributed by atoms with E-state index in [1.165, 1.54) is 6.08 Å². The number of halogens is 2. The fraction of sp³-hybridized carbons (Fsp3) is 0. The van der Waals surface area contributed by atoms with Crippen molar-refractivity contribution in [1.29, 1.82) is 0 Å². The molecule has 0 atom stereocenters. The molecule has 96 valence electrons. The summed E-state index contributed by atoms with van der Waals surface area (Å²) >= 11 is 11.8. The van der Waals surface area contributed by atoms with E-state index in [9.17, 15) is 4.79 Å². The number of hydrogen-bond acceptors (Lipinski definition) is 2. The minimum absolute atomic E-state index is 0.0711. The highest BCUT2D eigenvalue weighted by Crippen LogP contribution is 2.25. The second-order valence-corrected chi connectivity index (χ2v) is 4.68. The number of hydrogen-bond donors (Lipinski definition) is 1. The van der Waals surface area contributed by atoms with Crippen molar-refractivity contribution >= 4 is 34.7 Å². The van der Waals surface area contributed by atoms with E-state index >= 15 is 0 Å². The molecule has 1 N–H and O–H groups in total. The van der Waals surface area contributed by atoms with Crippen LogP contribution in [0.4, 0.5) is 5.69 Å². The van der Waals surface area contributed by atoms with E-state index in [4.69, 9.17) is 23.2 Å². The lowest BCUT2D eigenvalue weighted by atomic mass is 10.1. The summed E-state index contributed by atoms with van der Waals surface area (Å²) in [5.41, 5.74) is 1.34. The van der Waals surface area contributed by atoms with Crippen LogP contribution in [0.1, 0.15) is 10.4 Å². The number of allylic oxidation sites excluding steroid dienone is 1. The highest BCUT2D eigenvalue weighted by atomic mass is 35.5. The maximum atomic E-state index is 11.8. The first kappa shape index (κ1) is 13.7. The molecule has 0 heterocycles. The normalized spacial score (nSPS) is 10.6. The van der Waals surface area contributed by atoms with Crippen LogP contribution in [0.25, 0.3) is 0 Å². The average Bonchev–Trinajstić information content (AvgIpc) is 2.42. The predicted molar refractivity (Wildman–Crippen MR) is 80.0 cm³/mol. The zero-order valence-corrected chi connectivity index (χ0v) is 11.4. The molecule has 2 nitrogen and oxygen atoms in total. The van der Waals surface area contributed by atoms with Gasteiger partial charge in [0.25, 0.3) is 0 Å². The van der Waals surface area contributed by atoms with Gasteiger partial charge in [0.2, 0.25) is 0 Å². The SMILES string of the molecule is O=C(/C=C\Nc1ccc(Cl)cc1Cl)c1ccccc1. The van der Waals surface area contributed by atoms with Crippen LogP contribution in [0, 0.1) is 0 Å². The Balaban J connectivity index is 2.02. The Bertz CT molecular complexity index is 609. The molecule has 0 aliphatic carbocycles. The molecule has 0 aromatic heterocycles. The van der Waals surface area contributed by atoms with Crippen LogP contribution in [-0.2, 0) is 0 Å². The number of carbonyl (C=O) groups excluding carboxylic acids is 1. The Hall–Kier alpha value is -1.77. The standard InChI is InChI=1S/C15H11Cl2NO/c16-12-6-7-14(13(17)10-12)18-9-8-15(19)11-4-2-1-3-5-11/h1-10,18H/b9-8-. The minimum Gasteiger partial charge on any atom is -0.360 e. The molecule has 19 heavy (non-hydrogen) atoms. The monoisotopic (exact) mass is 291 g/mol. The molecule has 0 bridgehead atoms. The van der Waals surface area contributed by atoms with Crippen molar-refractivity contribution in [2.75, 3.05) is 5.32 Å². The molecule has 4 heteroatoms. The number of benzene rings is 2. The first-order valence-corrected chi connectivity index (χ1v) is 6.40. The van der Waals surface area contributed by atoms with Crippen LogP contribution >= 0.6 is 23.2 Å².